The first-order valence-electron chi connectivity index (χ1n) is 25.6. The molecular weight excluding hydrogens is 799 g/mol. The Bertz CT molecular complexity index is 1630. The lowest BCUT2D eigenvalue weighted by molar-refractivity contribution is -0.384. The monoisotopic (exact) mass is 884 g/mol. The van der Waals surface area contributed by atoms with Crippen molar-refractivity contribution in [1.82, 2.24) is 0 Å². The Balaban J connectivity index is 2.04. The van der Waals surface area contributed by atoms with E-state index in [0.29, 0.717) is 11.4 Å². The van der Waals surface area contributed by atoms with Crippen LogP contribution in [0.2, 0.25) is 0 Å². The molecule has 0 saturated carbocycles. The molecule has 0 aliphatic heterocycles. The number of carbonyl (C=O) groups is 1. The van der Waals surface area contributed by atoms with Crippen LogP contribution in [0, 0.1) is 32.8 Å². The summed E-state index contributed by atoms with van der Waals surface area (Å²) >= 11 is 0. The van der Waals surface area contributed by atoms with Crippen molar-refractivity contribution in [3.63, 3.8) is 0 Å². The number of non-ortho nitro benzene ring substituents is 1. The number of azo groups is 1. The molecule has 2 aromatic rings. The van der Waals surface area contributed by atoms with Crippen LogP contribution in [-0.2, 0) is 4.79 Å². The minimum atomic E-state index is -0.660. The predicted octanol–water partition coefficient (Wildman–Crippen LogP) is 17.0. The van der Waals surface area contributed by atoms with Gasteiger partial charge in [0.2, 0.25) is 5.91 Å². The zero-order chi connectivity index (χ0) is 46.5. The first-order valence-corrected chi connectivity index (χ1v) is 25.6. The van der Waals surface area contributed by atoms with Crippen molar-refractivity contribution in [2.75, 3.05) is 30.4 Å². The Labute approximate surface area is 388 Å². The van der Waals surface area contributed by atoms with E-state index in [-0.39, 0.29) is 34.1 Å². The van der Waals surface area contributed by atoms with Crippen molar-refractivity contribution in [3.05, 3.63) is 45.5 Å². The van der Waals surface area contributed by atoms with Crippen LogP contribution in [0.1, 0.15) is 237 Å². The van der Waals surface area contributed by atoms with Gasteiger partial charge < -0.3 is 15.0 Å². The third-order valence-electron chi connectivity index (χ3n) is 12.3. The molecule has 0 atom stereocenters. The zero-order valence-corrected chi connectivity index (χ0v) is 40.7. The third kappa shape index (κ3) is 24.5. The molecule has 1 amide bonds. The van der Waals surface area contributed by atoms with Gasteiger partial charge in [0.1, 0.15) is 29.3 Å². The molecule has 0 bridgehead atoms. The number of nitriles is 2. The van der Waals surface area contributed by atoms with Crippen LogP contribution in [0.15, 0.2) is 34.5 Å². The van der Waals surface area contributed by atoms with Gasteiger partial charge in [-0.2, -0.15) is 10.5 Å². The molecular formula is C53H85N7O4. The largest absolute Gasteiger partial charge is 0.494 e. The average molecular weight is 884 g/mol. The number of hydrogen-bond acceptors (Lipinski definition) is 9. The molecule has 0 radical (unpaired) electrons. The number of benzene rings is 2. The van der Waals surface area contributed by atoms with E-state index in [1.807, 2.05) is 18.2 Å². The number of ether oxygens (including phenoxy) is 1. The molecule has 0 aliphatic rings. The van der Waals surface area contributed by atoms with Gasteiger partial charge >= 0.3 is 0 Å². The second-order valence-electron chi connectivity index (χ2n) is 17.9. The van der Waals surface area contributed by atoms with Crippen LogP contribution in [0.5, 0.6) is 5.75 Å². The highest BCUT2D eigenvalue weighted by molar-refractivity contribution is 5.94. The summed E-state index contributed by atoms with van der Waals surface area (Å²) in [6.45, 7) is 7.69. The summed E-state index contributed by atoms with van der Waals surface area (Å²) < 4.78 is 5.94. The van der Waals surface area contributed by atoms with Crippen LogP contribution in [0.4, 0.5) is 28.4 Å². The number of nitrogens with zero attached hydrogens (tertiary/aromatic N) is 6. The first kappa shape index (κ1) is 55.6. The molecule has 2 rings (SSSR count). The smallest absolute Gasteiger partial charge is 0.272 e. The van der Waals surface area contributed by atoms with Crippen molar-refractivity contribution < 1.29 is 14.5 Å². The van der Waals surface area contributed by atoms with Gasteiger partial charge in [0.15, 0.2) is 0 Å². The molecule has 64 heavy (non-hydrogen) atoms. The minimum absolute atomic E-state index is 0.0824. The van der Waals surface area contributed by atoms with Gasteiger partial charge in [0, 0.05) is 38.2 Å². The third-order valence-corrected chi connectivity index (χ3v) is 12.3. The molecule has 0 aromatic heterocycles. The highest BCUT2D eigenvalue weighted by Gasteiger charge is 2.20. The van der Waals surface area contributed by atoms with Gasteiger partial charge in [-0.25, -0.2) is 0 Å². The van der Waals surface area contributed by atoms with Crippen LogP contribution in [0.3, 0.4) is 0 Å². The lowest BCUT2D eigenvalue weighted by atomic mass is 10.0. The van der Waals surface area contributed by atoms with E-state index in [1.54, 1.807) is 13.2 Å². The average Bonchev–Trinajstić information content (AvgIpc) is 3.29. The van der Waals surface area contributed by atoms with E-state index in [4.69, 9.17) is 4.74 Å². The number of nitrogens with one attached hydrogen (secondary N) is 1. The first-order chi connectivity index (χ1) is 31.3. The number of rotatable bonds is 40. The molecule has 0 fully saturated rings. The van der Waals surface area contributed by atoms with E-state index >= 15 is 0 Å². The maximum Gasteiger partial charge on any atom is 0.272 e. The zero-order valence-electron chi connectivity index (χ0n) is 40.7. The van der Waals surface area contributed by atoms with Gasteiger partial charge in [0.05, 0.1) is 34.5 Å². The predicted molar refractivity (Wildman–Crippen MR) is 265 cm³/mol. The van der Waals surface area contributed by atoms with Gasteiger partial charge in [-0.15, -0.1) is 10.2 Å². The Hall–Kier alpha value is -4.51. The molecule has 0 spiro atoms. The van der Waals surface area contributed by atoms with E-state index in [9.17, 15) is 25.4 Å². The molecule has 2 aromatic carbocycles. The number of methoxy groups -OCH3 is 1. The fourth-order valence-electron chi connectivity index (χ4n) is 8.50. The minimum Gasteiger partial charge on any atom is -0.494 e. The summed E-state index contributed by atoms with van der Waals surface area (Å²) in [5.74, 6) is 0.279. The maximum absolute atomic E-state index is 12.5. The Kier molecular flexibility index (Phi) is 32.0. The van der Waals surface area contributed by atoms with E-state index in [1.165, 1.54) is 187 Å². The Morgan fingerprint density at radius 3 is 1.28 bits per heavy atom. The van der Waals surface area contributed by atoms with Gasteiger partial charge in [-0.1, -0.05) is 206 Å². The molecule has 11 nitrogen and oxygen atoms in total. The molecule has 356 valence electrons. The summed E-state index contributed by atoms with van der Waals surface area (Å²) in [5.41, 5.74) is 0.775. The van der Waals surface area contributed by atoms with Crippen molar-refractivity contribution in [2.24, 2.45) is 10.2 Å². The molecule has 0 aliphatic carbocycles. The van der Waals surface area contributed by atoms with Crippen molar-refractivity contribution in [1.29, 1.82) is 10.5 Å². The second-order valence-corrected chi connectivity index (χ2v) is 17.9. The van der Waals surface area contributed by atoms with Gasteiger partial charge in [-0.05, 0) is 18.9 Å². The number of nitro benzene ring substituents is 1. The number of nitro groups is 1. The van der Waals surface area contributed by atoms with Crippen molar-refractivity contribution >= 4 is 34.3 Å². The molecule has 0 heterocycles. The molecule has 11 heteroatoms. The number of amides is 1. The summed E-state index contributed by atoms with van der Waals surface area (Å²) in [5, 5.41) is 42.4. The van der Waals surface area contributed by atoms with E-state index in [2.05, 4.69) is 34.3 Å². The van der Waals surface area contributed by atoms with E-state index in [0.717, 1.165) is 56.6 Å². The van der Waals surface area contributed by atoms with Crippen LogP contribution in [0.25, 0.3) is 0 Å². The lowest BCUT2D eigenvalue weighted by Crippen LogP contribution is -2.26. The quantitative estimate of drug-likeness (QED) is 0.0302. The molecule has 0 unspecified atom stereocenters. The van der Waals surface area contributed by atoms with E-state index < -0.39 is 4.92 Å². The summed E-state index contributed by atoms with van der Waals surface area (Å²) in [6.07, 6.45) is 42.2. The number of hydrogen-bond donors (Lipinski definition) is 1. The van der Waals surface area contributed by atoms with Gasteiger partial charge in [0.25, 0.3) is 5.69 Å². The SMILES string of the molecule is CCCCCCCCCCCCCCCCCCN(CCCCCCCCCCCCCCCCCC)c1cc(NC(C)=O)c(/N=N/c2c(C#N)cc([N+](=O)[O-])cc2C#N)cc1OC. The normalized spacial score (nSPS) is 11.2. The van der Waals surface area contributed by atoms with Crippen molar-refractivity contribution in [3.8, 4) is 17.9 Å². The molecule has 1 N–H and O–H groups in total. The number of unbranched alkanes of at least 4 members (excludes halogenated alkanes) is 30. The summed E-state index contributed by atoms with van der Waals surface area (Å²) in [4.78, 5) is 25.6. The number of anilines is 2. The van der Waals surface area contributed by atoms with Crippen LogP contribution in [-0.4, -0.2) is 31.0 Å². The summed E-state index contributed by atoms with van der Waals surface area (Å²) in [6, 6.07) is 9.52. The highest BCUT2D eigenvalue weighted by Crippen LogP contribution is 2.41. The number of carbonyl (C=O) groups excluding carboxylic acids is 1. The second kappa shape index (κ2) is 36.8. The van der Waals surface area contributed by atoms with Crippen LogP contribution >= 0.6 is 0 Å². The maximum atomic E-state index is 12.5. The Morgan fingerprint density at radius 1 is 0.609 bits per heavy atom. The lowest BCUT2D eigenvalue weighted by Gasteiger charge is -2.28. The fraction of sp³-hybridized carbons (Fsp3) is 0.717. The van der Waals surface area contributed by atoms with Crippen molar-refractivity contribution in [2.45, 2.75) is 226 Å². The van der Waals surface area contributed by atoms with Gasteiger partial charge in [-0.3, -0.25) is 14.9 Å². The summed E-state index contributed by atoms with van der Waals surface area (Å²) in [7, 11) is 1.61. The molecule has 0 saturated heterocycles. The topological polar surface area (TPSA) is 157 Å². The Morgan fingerprint density at radius 2 is 0.969 bits per heavy atom. The highest BCUT2D eigenvalue weighted by atomic mass is 16.6. The van der Waals surface area contributed by atoms with Crippen LogP contribution < -0.4 is 15.0 Å². The standard InChI is InChI=1S/C53H85N7O4/c1-5-7-9-11-13-15-17-19-21-23-25-27-29-31-33-35-37-59(38-36-34-32-30-28-26-24-22-20-18-16-14-12-10-8-6-2)51-41-49(56-45(3)61)50(42-52(51)64-4)57-58-53-46(43-54)39-48(60(62)63)40-47(53)44-55/h39-42H,5-38H2,1-4H3,(H,56,61)/b58-57+. The fourth-order valence-corrected chi connectivity index (χ4v) is 8.50.